The maximum atomic E-state index is 9.05. The smallest absolute Gasteiger partial charge is 0.201 e. The van der Waals surface area contributed by atoms with Crippen LogP contribution in [0, 0.1) is 67.4 Å². The Bertz CT molecular complexity index is 5630. The van der Waals surface area contributed by atoms with E-state index in [-0.39, 0.29) is 5.56 Å². The van der Waals surface area contributed by atoms with Crippen molar-refractivity contribution >= 4 is 0 Å². The molecule has 4 heteroatoms. The third-order valence-electron chi connectivity index (χ3n) is 19.5. The molecule has 4 heterocycles. The SMILES string of the molecule is [2H]C([2H])([2H])c1c[n+](C)c(-c2cc(-c3ccccc3)ccc2C)cc1C1([2H])CCCC1.[2H]C([2H])([2H])c1cc(C)c(-c2cc(C([2H])([2H])C(C)(C)C)cc[n+]2C)cc1-c1ccccc1.[2H]C([2H])([2H])c1cc(C)c(-c2cc(C3([2H])CCCCC3)cc[n+]2C)cc1-c1ccccc1.[2H]C([2H])([2H])c1ccc(-c2cc(-c3ccccc3)c(C([2H])([2H])[2H])cc2C)[n+](C)c1. The molecule has 0 N–H and O–H groups in total. The fourth-order valence-electron chi connectivity index (χ4n) is 14.1. The number of aryl methyl sites for hydroxylation is 13. The van der Waals surface area contributed by atoms with E-state index < -0.39 is 57.8 Å². The first-order valence-corrected chi connectivity index (χ1v) is 35.4. The van der Waals surface area contributed by atoms with Gasteiger partial charge in [-0.2, -0.15) is 0 Å². The maximum Gasteiger partial charge on any atom is 0.212 e. The number of aromatic nitrogens is 4. The molecule has 8 aromatic carbocycles. The summed E-state index contributed by atoms with van der Waals surface area (Å²) < 4.78 is 162. The fraction of sp³-hybridized carbons (Fsp3) is 0.299. The lowest BCUT2D eigenvalue weighted by atomic mass is 9.83. The molecule has 0 unspecified atom stereocenters. The molecular weight excluding hydrogens is 1220 g/mol. The number of nitrogens with zero attached hydrogens (tertiary/aromatic N) is 4. The van der Waals surface area contributed by atoms with Gasteiger partial charge in [0.25, 0.3) is 0 Å². The lowest BCUT2D eigenvalue weighted by Gasteiger charge is -2.22. The highest BCUT2D eigenvalue weighted by Gasteiger charge is 2.26. The fourth-order valence-corrected chi connectivity index (χ4v) is 14.1. The third-order valence-corrected chi connectivity index (χ3v) is 19.5. The van der Waals surface area contributed by atoms with Gasteiger partial charge in [-0.15, -0.1) is 0 Å². The molecule has 2 aliphatic carbocycles. The second-order valence-electron chi connectivity index (χ2n) is 28.3. The van der Waals surface area contributed by atoms with Crippen LogP contribution in [-0.2, 0) is 34.6 Å². The van der Waals surface area contributed by atoms with Crippen LogP contribution >= 0.6 is 0 Å². The summed E-state index contributed by atoms with van der Waals surface area (Å²) in [5.41, 5.74) is 21.4. The van der Waals surface area contributed by atoms with Crippen LogP contribution in [0.4, 0.5) is 0 Å². The predicted molar refractivity (Wildman–Crippen MR) is 427 cm³/mol. The highest BCUT2D eigenvalue weighted by Crippen LogP contribution is 2.40. The first-order chi connectivity index (χ1) is 56.1. The Balaban J connectivity index is 0.000000157. The molecule has 0 bridgehead atoms. The Kier molecular flexibility index (Phi) is 16.7. The second kappa shape index (κ2) is 32.8. The molecule has 14 rings (SSSR count). The average molecular weight is 1350 g/mol. The first-order valence-electron chi connectivity index (χ1n) is 44.9. The van der Waals surface area contributed by atoms with E-state index in [0.29, 0.717) is 57.3 Å². The van der Waals surface area contributed by atoms with Crippen LogP contribution < -0.4 is 18.3 Å². The van der Waals surface area contributed by atoms with Gasteiger partial charge in [0.1, 0.15) is 28.2 Å². The maximum absolute atomic E-state index is 9.05. The van der Waals surface area contributed by atoms with Gasteiger partial charge in [-0.05, 0) is 242 Å². The Morgan fingerprint density at radius 3 is 1.27 bits per heavy atom. The summed E-state index contributed by atoms with van der Waals surface area (Å²) in [6, 6.07) is 69.7. The normalized spacial score (nSPS) is 17.3. The van der Waals surface area contributed by atoms with Crippen LogP contribution in [0.25, 0.3) is 89.5 Å². The molecule has 514 valence electrons. The van der Waals surface area contributed by atoms with Gasteiger partial charge in [0, 0.05) is 95.8 Å². The van der Waals surface area contributed by atoms with Crippen molar-refractivity contribution in [3.63, 3.8) is 0 Å². The van der Waals surface area contributed by atoms with Crippen molar-refractivity contribution in [1.29, 1.82) is 0 Å². The van der Waals surface area contributed by atoms with E-state index in [0.717, 1.165) is 145 Å². The van der Waals surface area contributed by atoms with E-state index in [1.165, 1.54) is 6.42 Å². The van der Waals surface area contributed by atoms with Gasteiger partial charge in [-0.3, -0.25) is 0 Å². The summed E-state index contributed by atoms with van der Waals surface area (Å²) in [5, 5.41) is 0. The van der Waals surface area contributed by atoms with Gasteiger partial charge in [-0.25, -0.2) is 18.3 Å². The summed E-state index contributed by atoms with van der Waals surface area (Å²) in [7, 11) is 7.62. The number of rotatable bonds is 11. The van der Waals surface area contributed by atoms with E-state index in [1.807, 2.05) is 236 Å². The Hall–Kier alpha value is -9.64. The van der Waals surface area contributed by atoms with Gasteiger partial charge in [0.15, 0.2) is 24.8 Å². The molecule has 0 radical (unpaired) electrons. The van der Waals surface area contributed by atoms with Crippen LogP contribution in [-0.4, -0.2) is 0 Å². The lowest BCUT2D eigenvalue weighted by Crippen LogP contribution is -2.32. The molecule has 4 aromatic heterocycles. The zero-order valence-corrected chi connectivity index (χ0v) is 60.7. The topological polar surface area (TPSA) is 15.5 Å². The van der Waals surface area contributed by atoms with Crippen LogP contribution in [0.1, 0.15) is 183 Å². The summed E-state index contributed by atoms with van der Waals surface area (Å²) in [6.45, 7) is 2.44. The molecule has 0 atom stereocenters. The van der Waals surface area contributed by atoms with Gasteiger partial charge in [0.05, 0.1) is 0 Å². The largest absolute Gasteiger partial charge is 0.212 e. The second-order valence-corrected chi connectivity index (χ2v) is 28.3. The Labute approximate surface area is 633 Å². The lowest BCUT2D eigenvalue weighted by molar-refractivity contribution is -0.660. The van der Waals surface area contributed by atoms with E-state index in [9.17, 15) is 0 Å². The molecular formula is C97H110N4+4. The highest BCUT2D eigenvalue weighted by molar-refractivity contribution is 5.79. The summed E-state index contributed by atoms with van der Waals surface area (Å²) in [5.74, 6) is -1.35. The molecule has 4 nitrogen and oxygen atoms in total. The number of hydrogen-bond acceptors (Lipinski definition) is 0. The minimum atomic E-state index is -2.23. The molecule has 0 spiro atoms. The Morgan fingerprint density at radius 1 is 0.347 bits per heavy atom. The van der Waals surface area contributed by atoms with E-state index in [4.69, 9.17) is 26.0 Å². The minimum absolute atomic E-state index is 0.263. The van der Waals surface area contributed by atoms with Crippen LogP contribution in [0.5, 0.6) is 0 Å². The van der Waals surface area contributed by atoms with E-state index in [2.05, 4.69) is 54.0 Å². The van der Waals surface area contributed by atoms with Gasteiger partial charge < -0.3 is 0 Å². The summed E-state index contributed by atoms with van der Waals surface area (Å²) in [6.07, 6.45) is 14.3. The molecule has 0 amide bonds. The number of hydrogen-bond donors (Lipinski definition) is 0. The van der Waals surface area contributed by atoms with E-state index >= 15 is 0 Å². The Morgan fingerprint density at radius 2 is 0.782 bits per heavy atom. The zero-order valence-electron chi connectivity index (χ0n) is 79.7. The number of pyridine rings is 4. The molecule has 12 aromatic rings. The molecule has 0 aliphatic heterocycles. The van der Waals surface area contributed by atoms with Crippen LogP contribution in [0.3, 0.4) is 0 Å². The van der Waals surface area contributed by atoms with Crippen molar-refractivity contribution in [2.24, 2.45) is 33.6 Å². The molecule has 2 saturated carbocycles. The zero-order chi connectivity index (χ0) is 87.6. The summed E-state index contributed by atoms with van der Waals surface area (Å²) >= 11 is 0. The van der Waals surface area contributed by atoms with Crippen molar-refractivity contribution in [3.8, 4) is 89.5 Å². The average Bonchev–Trinajstić information content (AvgIpc) is 1.35. The van der Waals surface area contributed by atoms with Crippen LogP contribution in [0.2, 0.25) is 0 Å². The number of benzene rings is 8. The minimum Gasteiger partial charge on any atom is -0.201 e. The predicted octanol–water partition coefficient (Wildman–Crippen LogP) is 23.5. The van der Waals surface area contributed by atoms with Crippen molar-refractivity contribution < 1.29 is 44.3 Å². The van der Waals surface area contributed by atoms with E-state index in [1.54, 1.807) is 48.3 Å². The summed E-state index contributed by atoms with van der Waals surface area (Å²) in [4.78, 5) is 0. The van der Waals surface area contributed by atoms with Gasteiger partial charge in [0.2, 0.25) is 22.8 Å². The van der Waals surface area contributed by atoms with Gasteiger partial charge in [-0.1, -0.05) is 205 Å². The van der Waals surface area contributed by atoms with Gasteiger partial charge >= 0.3 is 0 Å². The van der Waals surface area contributed by atoms with Crippen LogP contribution in [0.15, 0.2) is 243 Å². The molecule has 101 heavy (non-hydrogen) atoms. The highest BCUT2D eigenvalue weighted by atomic mass is 14.9. The molecule has 2 fully saturated rings. The first kappa shape index (κ1) is 51.5. The van der Waals surface area contributed by atoms with Crippen molar-refractivity contribution in [2.75, 3.05) is 0 Å². The monoisotopic (exact) mass is 1350 g/mol. The van der Waals surface area contributed by atoms with Crippen molar-refractivity contribution in [3.05, 3.63) is 310 Å². The van der Waals surface area contributed by atoms with Crippen molar-refractivity contribution in [2.45, 2.75) is 159 Å². The molecule has 0 saturated heterocycles. The third kappa shape index (κ3) is 17.9. The standard InChI is InChI=1S/C26H30N.C25H28N.C25H30N.C21H22N/c1-19-16-20(2)25(18-24(19)22-12-8-5-9-13-22)26-17-23(14-15-27(26)3)21-10-6-4-7-11-21;1-18-13-14-22(20-9-5-4-6-10-20)15-24(18)25-16-23(19(2)17-26(25)3)21-11-7-8-12-21;1-18-14-19(2)23(16-22(18)21-10-8-7-9-11-21)24-15-20(12-13-26(24)6)17-25(3,4)5;1-15-10-11-21(22(4)14-15)20-13-19(16(2)12-17(20)3)18-8-6-5-7-9-18/h5,8-9,12-18,21H,4,6-7,10-11H2,1-3H3;4-6,9-10,13-17,21H,7-8,11-12H2,1-3H3;7-16H,17H2,1-6H3;5-14H,1-4H3/q4*+1/i1D3,21D;2D3,21D;1D3,17D2;1D3,2D3. The molecule has 2 aliphatic rings. The quantitative estimate of drug-likeness (QED) is 0.115. The van der Waals surface area contributed by atoms with Crippen molar-refractivity contribution in [1.82, 2.24) is 0 Å².